The van der Waals surface area contributed by atoms with Crippen LogP contribution in [0.5, 0.6) is 5.75 Å². The summed E-state index contributed by atoms with van der Waals surface area (Å²) in [5, 5.41) is 0. The van der Waals surface area contributed by atoms with Gasteiger partial charge in [0, 0.05) is 24.9 Å². The van der Waals surface area contributed by atoms with Gasteiger partial charge in [-0.15, -0.1) is 4.40 Å². The van der Waals surface area contributed by atoms with E-state index in [0.29, 0.717) is 29.5 Å². The Balaban J connectivity index is 1.40. The van der Waals surface area contributed by atoms with Crippen LogP contribution in [0, 0.1) is 11.8 Å². The van der Waals surface area contributed by atoms with Crippen molar-refractivity contribution in [1.82, 2.24) is 4.90 Å². The van der Waals surface area contributed by atoms with Gasteiger partial charge >= 0.3 is 0 Å². The minimum atomic E-state index is -3.31. The number of carbonyl (C=O) groups is 1. The first-order valence-corrected chi connectivity index (χ1v) is 11.4. The fourth-order valence-corrected chi connectivity index (χ4v) is 5.27. The van der Waals surface area contributed by atoms with Crippen molar-refractivity contribution in [1.29, 1.82) is 0 Å². The number of anilines is 1. The van der Waals surface area contributed by atoms with E-state index in [1.54, 1.807) is 18.2 Å². The molecule has 0 radical (unpaired) electrons. The number of hydrogen-bond acceptors (Lipinski definition) is 7. The van der Waals surface area contributed by atoms with Crippen molar-refractivity contribution in [3.05, 3.63) is 23.8 Å². The van der Waals surface area contributed by atoms with Crippen LogP contribution in [0.3, 0.4) is 0 Å². The Labute approximate surface area is 166 Å². The van der Waals surface area contributed by atoms with Crippen LogP contribution in [0.4, 0.5) is 5.69 Å². The van der Waals surface area contributed by atoms with Crippen molar-refractivity contribution in [2.45, 2.75) is 38.5 Å². The fraction of sp³-hybridized carbons (Fsp3) is 0.579. The minimum Gasteiger partial charge on any atom is -0.492 e. The lowest BCUT2D eigenvalue weighted by Crippen LogP contribution is -2.44. The maximum absolute atomic E-state index is 12.7. The van der Waals surface area contributed by atoms with Crippen LogP contribution in [0.15, 0.2) is 22.6 Å². The smallest absolute Gasteiger partial charge is 0.225 e. The first kappa shape index (κ1) is 19.4. The molecule has 4 rings (SSSR count). The monoisotopic (exact) mass is 408 g/mol. The van der Waals surface area contributed by atoms with E-state index in [2.05, 4.69) is 9.12 Å². The molecule has 1 aromatic rings. The normalized spacial score (nSPS) is 25.4. The molecule has 1 amide bonds. The third kappa shape index (κ3) is 4.06. The number of nitrogens with one attached hydrogen (secondary N) is 1. The average Bonchev–Trinajstić information content (AvgIpc) is 3.19. The third-order valence-corrected chi connectivity index (χ3v) is 6.71. The van der Waals surface area contributed by atoms with E-state index in [1.165, 1.54) is 0 Å². The molecule has 0 aromatic heterocycles. The second kappa shape index (κ2) is 7.81. The summed E-state index contributed by atoms with van der Waals surface area (Å²) < 4.78 is 31.9. The van der Waals surface area contributed by atoms with E-state index in [0.717, 1.165) is 51.6 Å². The zero-order valence-corrected chi connectivity index (χ0v) is 16.7. The zero-order valence-electron chi connectivity index (χ0n) is 15.8. The van der Waals surface area contributed by atoms with Crippen molar-refractivity contribution < 1.29 is 18.6 Å². The molecule has 2 aliphatic heterocycles. The number of ether oxygens (including phenoxy) is 1. The molecule has 5 N–H and O–H groups in total. The number of carbonyl (C=O) groups excluding carboxylic acids is 1. The number of rotatable bonds is 4. The van der Waals surface area contributed by atoms with Gasteiger partial charge in [-0.3, -0.25) is 18.6 Å². The fourth-order valence-electron chi connectivity index (χ4n) is 4.39. The Hall–Kier alpha value is -1.97. The van der Waals surface area contributed by atoms with Crippen molar-refractivity contribution >= 4 is 28.4 Å². The molecular formula is C19H28N4O4S. The highest BCUT2D eigenvalue weighted by Crippen LogP contribution is 2.46. The summed E-state index contributed by atoms with van der Waals surface area (Å²) in [7, 11) is -3.31. The summed E-state index contributed by atoms with van der Waals surface area (Å²) in [6, 6.07) is 5.27. The van der Waals surface area contributed by atoms with Gasteiger partial charge < -0.3 is 15.4 Å². The first-order chi connectivity index (χ1) is 13.4. The van der Waals surface area contributed by atoms with Gasteiger partial charge in [0.2, 0.25) is 5.91 Å². The highest BCUT2D eigenvalue weighted by molar-refractivity contribution is 8.24. The topological polar surface area (TPSA) is 120 Å². The molecular weight excluding hydrogens is 380 g/mol. The van der Waals surface area contributed by atoms with Gasteiger partial charge in [-0.1, -0.05) is 18.9 Å². The maximum Gasteiger partial charge on any atom is 0.225 e. The van der Waals surface area contributed by atoms with Crippen molar-refractivity contribution in [2.24, 2.45) is 22.0 Å². The molecule has 1 aromatic carbocycles. The summed E-state index contributed by atoms with van der Waals surface area (Å²) in [6.07, 6.45) is 6.39. The minimum absolute atomic E-state index is 0.0473. The van der Waals surface area contributed by atoms with Crippen molar-refractivity contribution in [3.8, 4) is 5.75 Å². The van der Waals surface area contributed by atoms with E-state index in [-0.39, 0.29) is 17.7 Å². The Morgan fingerprint density at radius 3 is 2.86 bits per heavy atom. The summed E-state index contributed by atoms with van der Waals surface area (Å²) in [4.78, 5) is 14.7. The molecule has 1 aliphatic carbocycles. The molecule has 1 atom stereocenters. The lowest BCUT2D eigenvalue weighted by atomic mass is 9.96. The van der Waals surface area contributed by atoms with Crippen LogP contribution < -0.4 is 15.2 Å². The SMILES string of the molecule is NC1=NS(O)(O)Nc2cccc(OC[C@H]3CCCN(C(=O)C4CCCC4)C3)c21. The summed E-state index contributed by atoms with van der Waals surface area (Å²) in [5.41, 5.74) is 6.98. The Morgan fingerprint density at radius 2 is 2.07 bits per heavy atom. The molecule has 28 heavy (non-hydrogen) atoms. The molecule has 1 saturated heterocycles. The van der Waals surface area contributed by atoms with Gasteiger partial charge in [0.05, 0.1) is 17.9 Å². The van der Waals surface area contributed by atoms with Gasteiger partial charge in [-0.25, -0.2) is 0 Å². The van der Waals surface area contributed by atoms with E-state index in [4.69, 9.17) is 10.5 Å². The van der Waals surface area contributed by atoms with Crippen LogP contribution >= 0.6 is 11.0 Å². The standard InChI is InChI=1S/C19H28N4O4S/c20-18-17-15(21-28(25,26)22-18)8-3-9-16(17)27-12-13-5-4-10-23(11-13)19(24)14-6-1-2-7-14/h3,8-9,13-14,21,25-26H,1-2,4-7,10-12H2,(H2,20,22)/t13-/m0/s1. The molecule has 154 valence electrons. The number of nitrogens with zero attached hydrogens (tertiary/aromatic N) is 2. The van der Waals surface area contributed by atoms with Crippen LogP contribution in [-0.4, -0.2) is 45.4 Å². The largest absolute Gasteiger partial charge is 0.492 e. The molecule has 3 aliphatic rings. The van der Waals surface area contributed by atoms with Crippen molar-refractivity contribution in [3.63, 3.8) is 0 Å². The van der Waals surface area contributed by atoms with Crippen LogP contribution in [0.1, 0.15) is 44.1 Å². The van der Waals surface area contributed by atoms with Gasteiger partial charge in [0.15, 0.2) is 5.84 Å². The highest BCUT2D eigenvalue weighted by atomic mass is 32.3. The van der Waals surface area contributed by atoms with Crippen LogP contribution in [0.25, 0.3) is 0 Å². The molecule has 1 saturated carbocycles. The number of likely N-dealkylation sites (tertiary alicyclic amines) is 1. The summed E-state index contributed by atoms with van der Waals surface area (Å²) in [6.45, 7) is 2.05. The van der Waals surface area contributed by atoms with E-state index in [1.807, 2.05) is 4.90 Å². The highest BCUT2D eigenvalue weighted by Gasteiger charge is 2.31. The second-order valence-corrected chi connectivity index (χ2v) is 9.29. The summed E-state index contributed by atoms with van der Waals surface area (Å²) >= 11 is 0. The van der Waals surface area contributed by atoms with Crippen molar-refractivity contribution in [2.75, 3.05) is 24.4 Å². The number of hydrogen-bond donors (Lipinski definition) is 4. The lowest BCUT2D eigenvalue weighted by molar-refractivity contribution is -0.137. The van der Waals surface area contributed by atoms with E-state index < -0.39 is 11.0 Å². The Kier molecular flexibility index (Phi) is 5.39. The number of nitrogens with two attached hydrogens (primary N) is 1. The second-order valence-electron chi connectivity index (χ2n) is 7.86. The van der Waals surface area contributed by atoms with E-state index >= 15 is 0 Å². The Morgan fingerprint density at radius 1 is 1.29 bits per heavy atom. The third-order valence-electron chi connectivity index (χ3n) is 5.76. The average molecular weight is 409 g/mol. The molecule has 9 heteroatoms. The molecule has 2 heterocycles. The summed E-state index contributed by atoms with van der Waals surface area (Å²) in [5.74, 6) is 1.39. The first-order valence-electron chi connectivity index (χ1n) is 9.89. The van der Waals surface area contributed by atoms with E-state index in [9.17, 15) is 13.9 Å². The molecule has 2 fully saturated rings. The molecule has 8 nitrogen and oxygen atoms in total. The maximum atomic E-state index is 12.7. The molecule has 0 bridgehead atoms. The Bertz CT molecular complexity index is 779. The number of amidine groups is 1. The molecule has 0 unspecified atom stereocenters. The molecule has 0 spiro atoms. The number of benzene rings is 1. The van der Waals surface area contributed by atoms with Crippen LogP contribution in [0.2, 0.25) is 0 Å². The predicted octanol–water partition coefficient (Wildman–Crippen LogP) is 3.21. The number of piperidine rings is 1. The van der Waals surface area contributed by atoms with Gasteiger partial charge in [0.1, 0.15) is 5.75 Å². The lowest BCUT2D eigenvalue weighted by Gasteiger charge is -2.35. The number of amides is 1. The van der Waals surface area contributed by atoms with Crippen LogP contribution in [-0.2, 0) is 4.79 Å². The quantitative estimate of drug-likeness (QED) is 0.607. The predicted molar refractivity (Wildman–Crippen MR) is 110 cm³/mol. The van der Waals surface area contributed by atoms with Gasteiger partial charge in [0.25, 0.3) is 0 Å². The van der Waals surface area contributed by atoms with Gasteiger partial charge in [-0.2, -0.15) is 0 Å². The van der Waals surface area contributed by atoms with Gasteiger partial charge in [-0.05, 0) is 48.8 Å². The zero-order chi connectivity index (χ0) is 19.7. The number of fused-ring (bicyclic) bond motifs is 1.